The average molecular weight is 365 g/mol. The maximum absolute atomic E-state index is 12.8. The fraction of sp³-hybridized carbons (Fsp3) is 0.412. The molecule has 0 radical (unpaired) electrons. The van der Waals surface area contributed by atoms with Gasteiger partial charge in [0, 0.05) is 6.20 Å². The van der Waals surface area contributed by atoms with Gasteiger partial charge >= 0.3 is 7.12 Å². The smallest absolute Gasteiger partial charge is 0.422 e. The van der Waals surface area contributed by atoms with Crippen LogP contribution in [0.3, 0.4) is 0 Å². The third-order valence-corrected chi connectivity index (χ3v) is 6.17. The Bertz CT molecular complexity index is 835. The molecule has 136 valence electrons. The maximum Gasteiger partial charge on any atom is 0.510 e. The zero-order chi connectivity index (χ0) is 19.0. The Hall–Kier alpha value is -1.61. The number of aliphatic hydroxyl groups is 1. The zero-order valence-corrected chi connectivity index (χ0v) is 15.9. The van der Waals surface area contributed by atoms with Crippen LogP contribution in [0, 0.1) is 6.92 Å². The highest BCUT2D eigenvalue weighted by Gasteiger charge is 2.41. The van der Waals surface area contributed by atoms with Crippen molar-refractivity contribution in [2.75, 3.05) is 0 Å². The normalized spacial score (nSPS) is 13.1. The fourth-order valence-corrected chi connectivity index (χ4v) is 3.46. The Morgan fingerprint density at radius 1 is 1.08 bits per heavy atom. The van der Waals surface area contributed by atoms with E-state index in [1.54, 1.807) is 39.8 Å². The molecule has 0 aliphatic heterocycles. The number of hydrogen-bond acceptors (Lipinski definition) is 5. The number of nitrogens with zero attached hydrogens (tertiary/aromatic N) is 1. The van der Waals surface area contributed by atoms with E-state index in [0.717, 1.165) is 9.54 Å². The van der Waals surface area contributed by atoms with Gasteiger partial charge in [-0.05, 0) is 58.9 Å². The van der Waals surface area contributed by atoms with Crippen molar-refractivity contribution in [3.8, 4) is 0 Å². The largest absolute Gasteiger partial charge is 0.510 e. The molecule has 1 heterocycles. The molecule has 0 fully saturated rings. The predicted octanol–water partition coefficient (Wildman–Crippen LogP) is 1.29. The van der Waals surface area contributed by atoms with Crippen LogP contribution in [0.5, 0.6) is 0 Å². The highest BCUT2D eigenvalue weighted by molar-refractivity contribution is 7.90. The summed E-state index contributed by atoms with van der Waals surface area (Å²) in [4.78, 5) is 0.115. The van der Waals surface area contributed by atoms with Gasteiger partial charge in [-0.2, -0.15) is 0 Å². The molecule has 0 saturated carbocycles. The summed E-state index contributed by atoms with van der Waals surface area (Å²) in [7, 11) is -5.38. The van der Waals surface area contributed by atoms with Gasteiger partial charge in [0.15, 0.2) is 0 Å². The summed E-state index contributed by atoms with van der Waals surface area (Å²) in [6.45, 7) is 8.23. The first-order valence-electron chi connectivity index (χ1n) is 7.94. The first-order chi connectivity index (χ1) is 11.4. The van der Waals surface area contributed by atoms with Crippen LogP contribution < -0.4 is 5.59 Å². The van der Waals surface area contributed by atoms with Crippen LogP contribution in [0.1, 0.15) is 33.3 Å². The van der Waals surface area contributed by atoms with E-state index < -0.39 is 28.3 Å². The summed E-state index contributed by atoms with van der Waals surface area (Å²) in [5.74, 6) is 0. The minimum atomic E-state index is -3.86. The first-order valence-corrected chi connectivity index (χ1v) is 9.38. The van der Waals surface area contributed by atoms with E-state index in [1.165, 1.54) is 30.5 Å². The lowest BCUT2D eigenvalue weighted by atomic mass is 9.80. The molecule has 0 aliphatic carbocycles. The van der Waals surface area contributed by atoms with Crippen molar-refractivity contribution in [3.05, 3.63) is 48.2 Å². The van der Waals surface area contributed by atoms with Crippen molar-refractivity contribution in [3.63, 3.8) is 0 Å². The van der Waals surface area contributed by atoms with Crippen molar-refractivity contribution < 1.29 is 23.2 Å². The van der Waals surface area contributed by atoms with Crippen LogP contribution in [-0.4, -0.2) is 40.8 Å². The molecular formula is C17H24BNO5S. The summed E-state index contributed by atoms with van der Waals surface area (Å²) in [6, 6.07) is 9.44. The van der Waals surface area contributed by atoms with Crippen molar-refractivity contribution >= 4 is 22.7 Å². The molecule has 8 heteroatoms. The van der Waals surface area contributed by atoms with Gasteiger partial charge in [0.2, 0.25) is 0 Å². The van der Waals surface area contributed by atoms with E-state index in [1.807, 2.05) is 6.92 Å². The lowest BCUT2D eigenvalue weighted by Crippen LogP contribution is -2.54. The fourth-order valence-electron chi connectivity index (χ4n) is 2.10. The van der Waals surface area contributed by atoms with Crippen LogP contribution in [0.4, 0.5) is 0 Å². The average Bonchev–Trinajstić information content (AvgIpc) is 2.96. The van der Waals surface area contributed by atoms with Crippen molar-refractivity contribution in [1.29, 1.82) is 0 Å². The second kappa shape index (κ2) is 6.61. The number of hydrogen-bond donors (Lipinski definition) is 2. The van der Waals surface area contributed by atoms with E-state index in [9.17, 15) is 18.5 Å². The van der Waals surface area contributed by atoms with Crippen LogP contribution >= 0.6 is 0 Å². The van der Waals surface area contributed by atoms with Crippen molar-refractivity contribution in [1.82, 2.24) is 3.97 Å². The highest BCUT2D eigenvalue weighted by Crippen LogP contribution is 2.25. The summed E-state index contributed by atoms with van der Waals surface area (Å²) in [5, 5.41) is 20.6. The molecule has 0 atom stereocenters. The van der Waals surface area contributed by atoms with Crippen LogP contribution in [0.2, 0.25) is 0 Å². The Labute approximate surface area is 149 Å². The summed E-state index contributed by atoms with van der Waals surface area (Å²) in [5.41, 5.74) is -1.32. The lowest BCUT2D eigenvalue weighted by Gasteiger charge is -2.38. The van der Waals surface area contributed by atoms with Crippen LogP contribution in [0.25, 0.3) is 0 Å². The number of aromatic nitrogens is 1. The van der Waals surface area contributed by atoms with E-state index in [4.69, 9.17) is 4.65 Å². The number of benzene rings is 1. The molecule has 1 aromatic heterocycles. The Morgan fingerprint density at radius 3 is 2.16 bits per heavy atom. The molecule has 0 spiro atoms. The molecule has 0 bridgehead atoms. The monoisotopic (exact) mass is 365 g/mol. The summed E-state index contributed by atoms with van der Waals surface area (Å²) < 4.78 is 32.2. The van der Waals surface area contributed by atoms with Gasteiger partial charge in [-0.3, -0.25) is 0 Å². The van der Waals surface area contributed by atoms with E-state index in [0.29, 0.717) is 0 Å². The molecule has 1 aromatic carbocycles. The molecule has 0 aliphatic rings. The maximum atomic E-state index is 12.8. The third kappa shape index (κ3) is 3.98. The molecule has 0 saturated heterocycles. The zero-order valence-electron chi connectivity index (χ0n) is 15.1. The van der Waals surface area contributed by atoms with Gasteiger partial charge in [0.25, 0.3) is 10.0 Å². The SMILES string of the molecule is Cc1ccc(S(=O)(=O)n2cccc2B(O)OC(C)(C)C(C)(C)O)cc1. The van der Waals surface area contributed by atoms with Gasteiger partial charge in [0.05, 0.1) is 21.7 Å². The predicted molar refractivity (Wildman–Crippen MR) is 97.3 cm³/mol. The third-order valence-electron chi connectivity index (χ3n) is 4.45. The Balaban J connectivity index is 2.38. The van der Waals surface area contributed by atoms with Gasteiger partial charge in [-0.25, -0.2) is 12.4 Å². The molecule has 25 heavy (non-hydrogen) atoms. The number of aryl methyl sites for hydroxylation is 1. The first kappa shape index (κ1) is 19.7. The minimum Gasteiger partial charge on any atom is -0.422 e. The van der Waals surface area contributed by atoms with Gasteiger partial charge in [-0.1, -0.05) is 17.7 Å². The number of rotatable bonds is 6. The van der Waals surface area contributed by atoms with Crippen LogP contribution in [0.15, 0.2) is 47.5 Å². The van der Waals surface area contributed by atoms with Crippen molar-refractivity contribution in [2.24, 2.45) is 0 Å². The van der Waals surface area contributed by atoms with Gasteiger partial charge in [-0.15, -0.1) is 0 Å². The molecule has 0 unspecified atom stereocenters. The molecule has 6 nitrogen and oxygen atoms in total. The van der Waals surface area contributed by atoms with E-state index >= 15 is 0 Å². The van der Waals surface area contributed by atoms with E-state index in [-0.39, 0.29) is 10.5 Å². The summed E-state index contributed by atoms with van der Waals surface area (Å²) >= 11 is 0. The standard InChI is InChI=1S/C17H24BNO5S/c1-13-8-10-14(11-9-13)25(22,23)19-12-6-7-15(19)18(21)24-17(4,5)16(2,3)20/h6-12,20-21H,1-5H3. The lowest BCUT2D eigenvalue weighted by molar-refractivity contribution is -0.0983. The molecule has 0 amide bonds. The molecular weight excluding hydrogens is 341 g/mol. The van der Waals surface area contributed by atoms with Gasteiger partial charge in [0.1, 0.15) is 0 Å². The minimum absolute atomic E-state index is 0.0675. The Kier molecular flexibility index (Phi) is 5.21. The highest BCUT2D eigenvalue weighted by atomic mass is 32.2. The summed E-state index contributed by atoms with van der Waals surface area (Å²) in [6.07, 6.45) is 1.36. The van der Waals surface area contributed by atoms with Gasteiger partial charge < -0.3 is 14.8 Å². The van der Waals surface area contributed by atoms with Crippen molar-refractivity contribution in [2.45, 2.75) is 50.7 Å². The van der Waals surface area contributed by atoms with Crippen LogP contribution in [-0.2, 0) is 14.7 Å². The molecule has 2 rings (SSSR count). The second-order valence-corrected chi connectivity index (χ2v) is 8.90. The molecule has 2 N–H and O–H groups in total. The topological polar surface area (TPSA) is 88.8 Å². The second-order valence-electron chi connectivity index (χ2n) is 7.09. The molecule has 2 aromatic rings. The quantitative estimate of drug-likeness (QED) is 0.753. The van der Waals surface area contributed by atoms with E-state index in [2.05, 4.69) is 0 Å². The Morgan fingerprint density at radius 2 is 1.64 bits per heavy atom.